The Morgan fingerprint density at radius 3 is 2.71 bits per heavy atom. The van der Waals surface area contributed by atoms with E-state index in [2.05, 4.69) is 27.3 Å². The van der Waals surface area contributed by atoms with Gasteiger partial charge in [-0.25, -0.2) is 0 Å². The molecule has 7 heteroatoms. The fourth-order valence-corrected chi connectivity index (χ4v) is 4.88. The minimum absolute atomic E-state index is 0.0600. The SMILES string of the molecule is CC1CCN(Cc2nnc(-c3cn(CC(=O)NC4CCCC4)c4ccccc34)o2)CC1. The van der Waals surface area contributed by atoms with E-state index in [0.29, 0.717) is 30.9 Å². The van der Waals surface area contributed by atoms with Crippen LogP contribution >= 0.6 is 0 Å². The van der Waals surface area contributed by atoms with Crippen molar-refractivity contribution in [2.24, 2.45) is 5.92 Å². The first-order valence-corrected chi connectivity index (χ1v) is 11.6. The van der Waals surface area contributed by atoms with Crippen LogP contribution in [0.4, 0.5) is 0 Å². The highest BCUT2D eigenvalue weighted by Crippen LogP contribution is 2.30. The third-order valence-electron chi connectivity index (χ3n) is 6.76. The number of nitrogens with one attached hydrogen (secondary N) is 1. The quantitative estimate of drug-likeness (QED) is 0.651. The van der Waals surface area contributed by atoms with Gasteiger partial charge in [-0.15, -0.1) is 10.2 Å². The van der Waals surface area contributed by atoms with Gasteiger partial charge in [0, 0.05) is 23.1 Å². The van der Waals surface area contributed by atoms with Crippen LogP contribution in [-0.2, 0) is 17.9 Å². The third kappa shape index (κ3) is 4.51. The van der Waals surface area contributed by atoms with E-state index in [-0.39, 0.29) is 5.91 Å². The Hall–Kier alpha value is -2.67. The van der Waals surface area contributed by atoms with Gasteiger partial charge >= 0.3 is 0 Å². The maximum atomic E-state index is 12.6. The Labute approximate surface area is 182 Å². The number of nitrogens with zero attached hydrogens (tertiary/aromatic N) is 4. The molecule has 7 nitrogen and oxygen atoms in total. The molecular weight excluding hydrogens is 390 g/mol. The van der Waals surface area contributed by atoms with Crippen LogP contribution in [0, 0.1) is 5.92 Å². The number of rotatable bonds is 6. The normalized spacial score (nSPS) is 18.7. The molecule has 1 saturated carbocycles. The second-order valence-corrected chi connectivity index (χ2v) is 9.20. The number of carbonyl (C=O) groups is 1. The van der Waals surface area contributed by atoms with E-state index in [0.717, 1.165) is 48.3 Å². The number of likely N-dealkylation sites (tertiary alicyclic amines) is 1. The summed E-state index contributed by atoms with van der Waals surface area (Å²) in [5.41, 5.74) is 1.89. The predicted octanol–water partition coefficient (Wildman–Crippen LogP) is 3.98. The smallest absolute Gasteiger partial charge is 0.249 e. The van der Waals surface area contributed by atoms with E-state index in [9.17, 15) is 4.79 Å². The van der Waals surface area contributed by atoms with Crippen molar-refractivity contribution in [3.8, 4) is 11.5 Å². The molecule has 1 saturated heterocycles. The zero-order valence-corrected chi connectivity index (χ0v) is 18.2. The van der Waals surface area contributed by atoms with Crippen LogP contribution in [0.25, 0.3) is 22.4 Å². The van der Waals surface area contributed by atoms with Crippen LogP contribution in [-0.4, -0.2) is 44.7 Å². The topological polar surface area (TPSA) is 76.2 Å². The summed E-state index contributed by atoms with van der Waals surface area (Å²) in [7, 11) is 0. The summed E-state index contributed by atoms with van der Waals surface area (Å²) in [6, 6.07) is 8.40. The van der Waals surface area contributed by atoms with E-state index in [1.54, 1.807) is 0 Å². The van der Waals surface area contributed by atoms with Gasteiger partial charge in [0.05, 0.1) is 12.1 Å². The summed E-state index contributed by atoms with van der Waals surface area (Å²) in [5.74, 6) is 2.03. The van der Waals surface area contributed by atoms with Crippen LogP contribution in [0.2, 0.25) is 0 Å². The van der Waals surface area contributed by atoms with Crippen molar-refractivity contribution in [2.45, 2.75) is 64.6 Å². The number of amides is 1. The average Bonchev–Trinajstić information content (AvgIpc) is 3.51. The Bertz CT molecular complexity index is 1040. The molecule has 1 aliphatic carbocycles. The number of benzene rings is 1. The predicted molar refractivity (Wildman–Crippen MR) is 119 cm³/mol. The third-order valence-corrected chi connectivity index (χ3v) is 6.76. The van der Waals surface area contributed by atoms with Crippen molar-refractivity contribution in [1.29, 1.82) is 0 Å². The molecule has 5 rings (SSSR count). The molecule has 0 spiro atoms. The molecule has 0 unspecified atom stereocenters. The van der Waals surface area contributed by atoms with Gasteiger partial charge in [-0.3, -0.25) is 9.69 Å². The zero-order valence-electron chi connectivity index (χ0n) is 18.2. The van der Waals surface area contributed by atoms with Crippen molar-refractivity contribution < 1.29 is 9.21 Å². The summed E-state index contributed by atoms with van der Waals surface area (Å²) in [6.07, 6.45) is 9.00. The Morgan fingerprint density at radius 1 is 1.13 bits per heavy atom. The molecule has 1 aromatic carbocycles. The molecule has 3 aromatic rings. The number of hydrogen-bond acceptors (Lipinski definition) is 5. The standard InChI is InChI=1S/C24H31N5O2/c1-17-10-12-28(13-11-17)16-23-26-27-24(31-23)20-14-29(21-9-5-4-8-19(20)21)15-22(30)25-18-6-2-3-7-18/h4-5,8-9,14,17-18H,2-3,6-7,10-13,15-16H2,1H3,(H,25,30). The van der Waals surface area contributed by atoms with E-state index < -0.39 is 0 Å². The lowest BCUT2D eigenvalue weighted by atomic mass is 9.99. The van der Waals surface area contributed by atoms with Crippen LogP contribution in [0.1, 0.15) is 51.3 Å². The van der Waals surface area contributed by atoms with Crippen molar-refractivity contribution in [2.75, 3.05) is 13.1 Å². The van der Waals surface area contributed by atoms with E-state index in [1.165, 1.54) is 25.7 Å². The maximum absolute atomic E-state index is 12.6. The molecule has 1 amide bonds. The van der Waals surface area contributed by atoms with Crippen molar-refractivity contribution in [1.82, 2.24) is 25.0 Å². The van der Waals surface area contributed by atoms with E-state index in [1.807, 2.05) is 35.0 Å². The second-order valence-electron chi connectivity index (χ2n) is 9.20. The molecule has 164 valence electrons. The van der Waals surface area contributed by atoms with Gasteiger partial charge in [-0.05, 0) is 50.8 Å². The fourth-order valence-electron chi connectivity index (χ4n) is 4.88. The van der Waals surface area contributed by atoms with Gasteiger partial charge in [-0.2, -0.15) is 0 Å². The minimum Gasteiger partial charge on any atom is -0.419 e. The van der Waals surface area contributed by atoms with Crippen LogP contribution in [0.3, 0.4) is 0 Å². The molecule has 2 aliphatic rings. The lowest BCUT2D eigenvalue weighted by Crippen LogP contribution is -2.35. The summed E-state index contributed by atoms with van der Waals surface area (Å²) < 4.78 is 8.05. The summed E-state index contributed by atoms with van der Waals surface area (Å²) >= 11 is 0. The number of para-hydroxylation sites is 1. The number of aromatic nitrogens is 3. The van der Waals surface area contributed by atoms with Crippen molar-refractivity contribution >= 4 is 16.8 Å². The minimum atomic E-state index is 0.0600. The molecular formula is C24H31N5O2. The first-order chi connectivity index (χ1) is 15.2. The average molecular weight is 422 g/mol. The van der Waals surface area contributed by atoms with Gasteiger partial charge in [0.2, 0.25) is 17.7 Å². The first-order valence-electron chi connectivity index (χ1n) is 11.6. The number of fused-ring (bicyclic) bond motifs is 1. The van der Waals surface area contributed by atoms with Gasteiger partial charge in [0.1, 0.15) is 6.54 Å². The van der Waals surface area contributed by atoms with Crippen molar-refractivity contribution in [3.05, 3.63) is 36.4 Å². The molecule has 0 bridgehead atoms. The van der Waals surface area contributed by atoms with Crippen LogP contribution < -0.4 is 5.32 Å². The van der Waals surface area contributed by atoms with Crippen LogP contribution in [0.5, 0.6) is 0 Å². The van der Waals surface area contributed by atoms with Gasteiger partial charge in [0.25, 0.3) is 0 Å². The molecule has 0 atom stereocenters. The lowest BCUT2D eigenvalue weighted by molar-refractivity contribution is -0.122. The number of hydrogen-bond donors (Lipinski definition) is 1. The maximum Gasteiger partial charge on any atom is 0.249 e. The van der Waals surface area contributed by atoms with Crippen molar-refractivity contribution in [3.63, 3.8) is 0 Å². The summed E-state index contributed by atoms with van der Waals surface area (Å²) in [6.45, 7) is 5.46. The van der Waals surface area contributed by atoms with Gasteiger partial charge in [-0.1, -0.05) is 38.0 Å². The van der Waals surface area contributed by atoms with Crippen LogP contribution in [0.15, 0.2) is 34.9 Å². The van der Waals surface area contributed by atoms with Gasteiger partial charge in [0.15, 0.2) is 0 Å². The second kappa shape index (κ2) is 8.83. The Balaban J connectivity index is 1.34. The summed E-state index contributed by atoms with van der Waals surface area (Å²) in [5, 5.41) is 12.8. The fraction of sp³-hybridized carbons (Fsp3) is 0.542. The highest BCUT2D eigenvalue weighted by Gasteiger charge is 2.21. The molecule has 2 fully saturated rings. The van der Waals surface area contributed by atoms with Gasteiger partial charge < -0.3 is 14.3 Å². The highest BCUT2D eigenvalue weighted by atomic mass is 16.4. The number of carbonyl (C=O) groups excluding carboxylic acids is 1. The highest BCUT2D eigenvalue weighted by molar-refractivity contribution is 5.94. The van der Waals surface area contributed by atoms with E-state index in [4.69, 9.17) is 4.42 Å². The molecule has 2 aromatic heterocycles. The lowest BCUT2D eigenvalue weighted by Gasteiger charge is -2.28. The van der Waals surface area contributed by atoms with E-state index >= 15 is 0 Å². The molecule has 0 radical (unpaired) electrons. The molecule has 1 aliphatic heterocycles. The largest absolute Gasteiger partial charge is 0.419 e. The summed E-state index contributed by atoms with van der Waals surface area (Å²) in [4.78, 5) is 15.0. The Morgan fingerprint density at radius 2 is 1.90 bits per heavy atom. The molecule has 3 heterocycles. The molecule has 31 heavy (non-hydrogen) atoms. The molecule has 1 N–H and O–H groups in total. The Kier molecular flexibility index (Phi) is 5.76. The monoisotopic (exact) mass is 421 g/mol. The number of piperidine rings is 1. The zero-order chi connectivity index (χ0) is 21.2. The first kappa shape index (κ1) is 20.2.